The molecule has 0 amide bonds. The quantitative estimate of drug-likeness (QED) is 0.846. The monoisotopic (exact) mass is 286 g/mol. The highest BCUT2D eigenvalue weighted by Gasteiger charge is 2.25. The number of hydrogen-bond donors (Lipinski definition) is 2. The Kier molecular flexibility index (Phi) is 3.77. The molecule has 1 fully saturated rings. The Labute approximate surface area is 124 Å². The van der Waals surface area contributed by atoms with Crippen LogP contribution in [-0.4, -0.2) is 20.2 Å². The average molecular weight is 286 g/mol. The van der Waals surface area contributed by atoms with Gasteiger partial charge in [-0.2, -0.15) is 0 Å². The van der Waals surface area contributed by atoms with Crippen molar-refractivity contribution in [2.75, 3.05) is 11.5 Å². The van der Waals surface area contributed by atoms with Gasteiger partial charge in [0, 0.05) is 16.9 Å². The van der Waals surface area contributed by atoms with Gasteiger partial charge in [0.15, 0.2) is 5.82 Å². The summed E-state index contributed by atoms with van der Waals surface area (Å²) in [4.78, 5) is 0. The van der Waals surface area contributed by atoms with E-state index in [0.717, 1.165) is 11.4 Å². The fourth-order valence-electron chi connectivity index (χ4n) is 3.28. The number of nitrogens with two attached hydrogens (primary N) is 2. The van der Waals surface area contributed by atoms with E-state index >= 15 is 0 Å². The fourth-order valence-corrected chi connectivity index (χ4v) is 3.28. The fraction of sp³-hybridized carbons (Fsp3) is 0.533. The molecule has 0 saturated heterocycles. The maximum Gasteiger partial charge on any atom is 0.182 e. The summed E-state index contributed by atoms with van der Waals surface area (Å²) in [5.41, 5.74) is 13.9. The minimum absolute atomic E-state index is 0.290. The van der Waals surface area contributed by atoms with E-state index < -0.39 is 0 Å². The molecule has 6 nitrogen and oxygen atoms in total. The molecule has 1 heterocycles. The van der Waals surface area contributed by atoms with Gasteiger partial charge in [0.1, 0.15) is 0 Å². The largest absolute Gasteiger partial charge is 0.399 e. The molecular weight excluding hydrogens is 264 g/mol. The second-order valence-corrected chi connectivity index (χ2v) is 5.97. The first-order chi connectivity index (χ1) is 10.1. The standard InChI is InChI=1S/C15H22N6/c1-10(11-5-3-2-4-6-11)21-15(18-19-20-21)12-7-13(16)9-14(17)8-12/h7-11H,2-6,16-17H2,1H3. The second kappa shape index (κ2) is 5.71. The topological polar surface area (TPSA) is 95.6 Å². The molecule has 0 bridgehead atoms. The zero-order valence-electron chi connectivity index (χ0n) is 12.4. The van der Waals surface area contributed by atoms with E-state index in [1.54, 1.807) is 6.07 Å². The Morgan fingerprint density at radius 1 is 1.10 bits per heavy atom. The molecule has 6 heteroatoms. The predicted octanol–water partition coefficient (Wildman–Crippen LogP) is 2.65. The maximum atomic E-state index is 5.88. The zero-order chi connectivity index (χ0) is 14.8. The summed E-state index contributed by atoms with van der Waals surface area (Å²) < 4.78 is 1.92. The number of nitrogen functional groups attached to an aromatic ring is 2. The molecule has 1 saturated carbocycles. The van der Waals surface area contributed by atoms with Gasteiger partial charge in [0.05, 0.1) is 6.04 Å². The van der Waals surface area contributed by atoms with Crippen LogP contribution in [0.1, 0.15) is 45.1 Å². The molecule has 3 rings (SSSR count). The number of nitrogens with zero attached hydrogens (tertiary/aromatic N) is 4. The lowest BCUT2D eigenvalue weighted by Crippen LogP contribution is -2.21. The summed E-state index contributed by atoms with van der Waals surface area (Å²) in [5.74, 6) is 1.38. The van der Waals surface area contributed by atoms with E-state index in [0.29, 0.717) is 17.3 Å². The van der Waals surface area contributed by atoms with Crippen LogP contribution < -0.4 is 11.5 Å². The van der Waals surface area contributed by atoms with Crippen molar-refractivity contribution in [1.82, 2.24) is 20.2 Å². The third-order valence-electron chi connectivity index (χ3n) is 4.45. The van der Waals surface area contributed by atoms with E-state index in [-0.39, 0.29) is 6.04 Å². The predicted molar refractivity (Wildman–Crippen MR) is 83.4 cm³/mol. The molecular formula is C15H22N6. The van der Waals surface area contributed by atoms with Gasteiger partial charge >= 0.3 is 0 Å². The van der Waals surface area contributed by atoms with Crippen LogP contribution in [0.15, 0.2) is 18.2 Å². The van der Waals surface area contributed by atoms with Gasteiger partial charge in [-0.25, -0.2) is 4.68 Å². The van der Waals surface area contributed by atoms with Crippen LogP contribution in [0, 0.1) is 5.92 Å². The highest BCUT2D eigenvalue weighted by atomic mass is 15.5. The summed E-state index contributed by atoms with van der Waals surface area (Å²) in [7, 11) is 0. The Balaban J connectivity index is 1.92. The van der Waals surface area contributed by atoms with Gasteiger partial charge in [-0.05, 0) is 54.3 Å². The van der Waals surface area contributed by atoms with Crippen molar-refractivity contribution in [2.45, 2.75) is 45.1 Å². The lowest BCUT2D eigenvalue weighted by atomic mass is 9.84. The first-order valence-corrected chi connectivity index (χ1v) is 7.59. The summed E-state index contributed by atoms with van der Waals surface area (Å²) >= 11 is 0. The van der Waals surface area contributed by atoms with Gasteiger partial charge in [0.2, 0.25) is 0 Å². The molecule has 1 atom stereocenters. The lowest BCUT2D eigenvalue weighted by Gasteiger charge is -2.27. The van der Waals surface area contributed by atoms with Crippen molar-refractivity contribution in [1.29, 1.82) is 0 Å². The number of aromatic nitrogens is 4. The van der Waals surface area contributed by atoms with E-state index in [1.165, 1.54) is 32.1 Å². The Hall–Kier alpha value is -2.11. The number of tetrazole rings is 1. The molecule has 2 aromatic rings. The molecule has 1 aliphatic carbocycles. The van der Waals surface area contributed by atoms with E-state index in [2.05, 4.69) is 22.4 Å². The van der Waals surface area contributed by atoms with Crippen LogP contribution in [0.3, 0.4) is 0 Å². The van der Waals surface area contributed by atoms with Gasteiger partial charge in [-0.1, -0.05) is 19.3 Å². The minimum atomic E-state index is 0.290. The van der Waals surface area contributed by atoms with Crippen molar-refractivity contribution in [3.8, 4) is 11.4 Å². The van der Waals surface area contributed by atoms with Gasteiger partial charge in [-0.15, -0.1) is 5.10 Å². The summed E-state index contributed by atoms with van der Waals surface area (Å²) in [6, 6.07) is 5.76. The smallest absolute Gasteiger partial charge is 0.182 e. The summed E-state index contributed by atoms with van der Waals surface area (Å²) in [5, 5.41) is 12.2. The van der Waals surface area contributed by atoms with Gasteiger partial charge in [0.25, 0.3) is 0 Å². The molecule has 112 valence electrons. The van der Waals surface area contributed by atoms with Crippen molar-refractivity contribution < 1.29 is 0 Å². The van der Waals surface area contributed by atoms with E-state index in [1.807, 2.05) is 16.8 Å². The van der Waals surface area contributed by atoms with Crippen molar-refractivity contribution >= 4 is 11.4 Å². The molecule has 0 radical (unpaired) electrons. The number of anilines is 2. The summed E-state index contributed by atoms with van der Waals surface area (Å²) in [6.45, 7) is 2.20. The molecule has 0 spiro atoms. The van der Waals surface area contributed by atoms with Crippen molar-refractivity contribution in [2.24, 2.45) is 5.92 Å². The van der Waals surface area contributed by atoms with Crippen LogP contribution in [0.4, 0.5) is 11.4 Å². The Bertz CT molecular complexity index is 594. The number of hydrogen-bond acceptors (Lipinski definition) is 5. The molecule has 1 aromatic carbocycles. The summed E-state index contributed by atoms with van der Waals surface area (Å²) in [6.07, 6.45) is 6.45. The van der Waals surface area contributed by atoms with Crippen LogP contribution in [-0.2, 0) is 0 Å². The van der Waals surface area contributed by atoms with E-state index in [9.17, 15) is 0 Å². The first kappa shape index (κ1) is 13.9. The normalized spacial score (nSPS) is 17.8. The van der Waals surface area contributed by atoms with Crippen molar-refractivity contribution in [3.05, 3.63) is 18.2 Å². The molecule has 1 unspecified atom stereocenters. The zero-order valence-corrected chi connectivity index (χ0v) is 12.4. The lowest BCUT2D eigenvalue weighted by molar-refractivity contribution is 0.249. The van der Waals surface area contributed by atoms with E-state index in [4.69, 9.17) is 11.5 Å². The van der Waals surface area contributed by atoms with Gasteiger partial charge in [-0.3, -0.25) is 0 Å². The van der Waals surface area contributed by atoms with Crippen molar-refractivity contribution in [3.63, 3.8) is 0 Å². The first-order valence-electron chi connectivity index (χ1n) is 7.59. The second-order valence-electron chi connectivity index (χ2n) is 5.97. The highest BCUT2D eigenvalue weighted by molar-refractivity contribution is 5.67. The van der Waals surface area contributed by atoms with Crippen LogP contribution in [0.25, 0.3) is 11.4 Å². The van der Waals surface area contributed by atoms with Crippen LogP contribution >= 0.6 is 0 Å². The highest BCUT2D eigenvalue weighted by Crippen LogP contribution is 2.34. The number of rotatable bonds is 3. The third-order valence-corrected chi connectivity index (χ3v) is 4.45. The Morgan fingerprint density at radius 3 is 2.43 bits per heavy atom. The molecule has 1 aliphatic rings. The molecule has 0 aliphatic heterocycles. The number of benzene rings is 1. The third kappa shape index (κ3) is 2.84. The molecule has 21 heavy (non-hydrogen) atoms. The van der Waals surface area contributed by atoms with Gasteiger partial charge < -0.3 is 11.5 Å². The molecule has 4 N–H and O–H groups in total. The maximum absolute atomic E-state index is 5.88. The van der Waals surface area contributed by atoms with Crippen LogP contribution in [0.5, 0.6) is 0 Å². The van der Waals surface area contributed by atoms with Crippen LogP contribution in [0.2, 0.25) is 0 Å². The SMILES string of the molecule is CC(C1CCCCC1)n1nnnc1-c1cc(N)cc(N)c1. The minimum Gasteiger partial charge on any atom is -0.399 e. The Morgan fingerprint density at radius 2 is 1.76 bits per heavy atom. The molecule has 1 aromatic heterocycles. The average Bonchev–Trinajstić information content (AvgIpc) is 2.96.